The van der Waals surface area contributed by atoms with Crippen LogP contribution in [0.15, 0.2) is 48.5 Å². The van der Waals surface area contributed by atoms with E-state index in [0.29, 0.717) is 36.9 Å². The van der Waals surface area contributed by atoms with E-state index < -0.39 is 21.2 Å². The molecule has 0 aliphatic rings. The van der Waals surface area contributed by atoms with Crippen LogP contribution in [-0.2, 0) is 6.61 Å². The molecule has 3 aromatic carbocycles. The summed E-state index contributed by atoms with van der Waals surface area (Å²) in [5, 5.41) is 23.2. The third-order valence-corrected chi connectivity index (χ3v) is 6.25. The summed E-state index contributed by atoms with van der Waals surface area (Å²) < 4.78 is 16.7. The van der Waals surface area contributed by atoms with E-state index in [1.165, 1.54) is 13.2 Å². The number of hydrogen-bond donors (Lipinski definition) is 0. The molecule has 13 heteroatoms. The second-order valence-electron chi connectivity index (χ2n) is 8.72. The fourth-order valence-corrected chi connectivity index (χ4v) is 4.02. The minimum absolute atomic E-state index is 0.00565. The van der Waals surface area contributed by atoms with Crippen molar-refractivity contribution in [3.8, 4) is 17.2 Å². The number of Topliss-reactive ketones (excluding diaryl/α,β-unsaturated/α-hetero) is 1. The highest BCUT2D eigenvalue weighted by atomic mass is 35.5. The van der Waals surface area contributed by atoms with Crippen LogP contribution in [0.2, 0.25) is 5.02 Å². The summed E-state index contributed by atoms with van der Waals surface area (Å²) in [5.74, 6) is -0.0891. The largest absolute Gasteiger partial charge is 0.496 e. The van der Waals surface area contributed by atoms with Crippen molar-refractivity contribution in [1.29, 1.82) is 0 Å². The molecule has 0 heterocycles. The Morgan fingerprint density at radius 3 is 2.00 bits per heavy atom. The highest BCUT2D eigenvalue weighted by Crippen LogP contribution is 2.35. The second kappa shape index (κ2) is 14.5. The highest BCUT2D eigenvalue weighted by molar-refractivity contribution is 6.30. The average molecular weight is 585 g/mol. The van der Waals surface area contributed by atoms with Crippen molar-refractivity contribution in [2.45, 2.75) is 32.3 Å². The molecule has 0 amide bonds. The van der Waals surface area contributed by atoms with Gasteiger partial charge < -0.3 is 14.2 Å². The van der Waals surface area contributed by atoms with Gasteiger partial charge >= 0.3 is 0 Å². The summed E-state index contributed by atoms with van der Waals surface area (Å²) in [6.07, 6.45) is 2.16. The first-order chi connectivity index (χ1) is 19.7. The van der Waals surface area contributed by atoms with E-state index in [1.54, 1.807) is 24.3 Å². The Kier molecular flexibility index (Phi) is 10.9. The van der Waals surface area contributed by atoms with E-state index in [-0.39, 0.29) is 59.4 Å². The maximum Gasteiger partial charge on any atom is 0.283 e. The lowest BCUT2D eigenvalue weighted by Gasteiger charge is -2.14. The fraction of sp³-hybridized carbons (Fsp3) is 0.250. The summed E-state index contributed by atoms with van der Waals surface area (Å²) >= 11 is 5.90. The normalized spacial score (nSPS) is 10.5. The number of unbranched alkanes of at least 4 members (excludes halogenated alkanes) is 2. The number of rotatable bonds is 16. The predicted molar refractivity (Wildman–Crippen MR) is 148 cm³/mol. The van der Waals surface area contributed by atoms with Gasteiger partial charge in [-0.05, 0) is 43.0 Å². The van der Waals surface area contributed by atoms with Crippen LogP contribution in [0.1, 0.15) is 62.3 Å². The smallest absolute Gasteiger partial charge is 0.283 e. The van der Waals surface area contributed by atoms with Crippen LogP contribution >= 0.6 is 11.6 Å². The lowest BCUT2D eigenvalue weighted by atomic mass is 10.0. The zero-order valence-corrected chi connectivity index (χ0v) is 22.6. The van der Waals surface area contributed by atoms with E-state index >= 15 is 0 Å². The molecule has 0 atom stereocenters. The fourth-order valence-electron chi connectivity index (χ4n) is 3.89. The van der Waals surface area contributed by atoms with Crippen LogP contribution in [-0.4, -0.2) is 41.9 Å². The maximum atomic E-state index is 12.7. The molecule has 0 aromatic heterocycles. The standard InChI is InChI=1S/C28H25ClN2O10/c1-39-26-11-19(15-32)23(30(35)36)13-22(26)25(34)5-3-2-4-10-40-28-14-24(31(37)38)20(16-33)12-27(28)41-17-18-6-8-21(29)9-7-18/h6-9,11-16H,2-5,10,17H2,1H3. The maximum absolute atomic E-state index is 12.7. The number of nitro groups is 2. The molecule has 0 bridgehead atoms. The van der Waals surface area contributed by atoms with E-state index in [0.717, 1.165) is 23.8 Å². The van der Waals surface area contributed by atoms with Crippen LogP contribution in [0.4, 0.5) is 11.4 Å². The minimum Gasteiger partial charge on any atom is -0.496 e. The van der Waals surface area contributed by atoms with Gasteiger partial charge in [-0.25, -0.2) is 0 Å². The predicted octanol–water partition coefficient (Wildman–Crippen LogP) is 6.19. The molecule has 214 valence electrons. The van der Waals surface area contributed by atoms with Crippen molar-refractivity contribution in [1.82, 2.24) is 0 Å². The van der Waals surface area contributed by atoms with Gasteiger partial charge in [0.2, 0.25) is 0 Å². The number of nitrogens with zero attached hydrogens (tertiary/aromatic N) is 2. The first-order valence-corrected chi connectivity index (χ1v) is 12.7. The number of carbonyl (C=O) groups excluding carboxylic acids is 3. The van der Waals surface area contributed by atoms with Crippen LogP contribution in [0.25, 0.3) is 0 Å². The zero-order chi connectivity index (χ0) is 29.9. The Balaban J connectivity index is 1.62. The third-order valence-electron chi connectivity index (χ3n) is 6.00. The molecule has 0 saturated carbocycles. The van der Waals surface area contributed by atoms with Crippen molar-refractivity contribution in [2.75, 3.05) is 13.7 Å². The molecule has 0 saturated heterocycles. The van der Waals surface area contributed by atoms with Gasteiger partial charge in [0.15, 0.2) is 29.9 Å². The van der Waals surface area contributed by atoms with Crippen LogP contribution in [0.5, 0.6) is 17.2 Å². The van der Waals surface area contributed by atoms with Crippen molar-refractivity contribution in [2.24, 2.45) is 0 Å². The Morgan fingerprint density at radius 2 is 1.41 bits per heavy atom. The lowest BCUT2D eigenvalue weighted by Crippen LogP contribution is -2.06. The monoisotopic (exact) mass is 584 g/mol. The number of carbonyl (C=O) groups is 3. The zero-order valence-electron chi connectivity index (χ0n) is 21.9. The number of hydrogen-bond acceptors (Lipinski definition) is 10. The van der Waals surface area contributed by atoms with Crippen LogP contribution in [0, 0.1) is 20.2 Å². The highest BCUT2D eigenvalue weighted by Gasteiger charge is 2.23. The number of nitro benzene ring substituents is 2. The van der Waals surface area contributed by atoms with E-state index in [4.69, 9.17) is 25.8 Å². The second-order valence-corrected chi connectivity index (χ2v) is 9.15. The summed E-state index contributed by atoms with van der Waals surface area (Å²) in [7, 11) is 1.29. The van der Waals surface area contributed by atoms with Gasteiger partial charge in [-0.15, -0.1) is 0 Å². The number of aldehydes is 2. The summed E-state index contributed by atoms with van der Waals surface area (Å²) in [4.78, 5) is 56.6. The summed E-state index contributed by atoms with van der Waals surface area (Å²) in [6, 6.07) is 11.5. The summed E-state index contributed by atoms with van der Waals surface area (Å²) in [6.45, 7) is 0.229. The molecule has 0 aliphatic heterocycles. The number of benzene rings is 3. The van der Waals surface area contributed by atoms with Crippen LogP contribution < -0.4 is 14.2 Å². The number of halogens is 1. The molecule has 3 rings (SSSR count). The quantitative estimate of drug-likeness (QED) is 0.0622. The molecule has 12 nitrogen and oxygen atoms in total. The number of ketones is 1. The average Bonchev–Trinajstić information content (AvgIpc) is 2.97. The SMILES string of the molecule is COc1cc(C=O)c([N+](=O)[O-])cc1C(=O)CCCCCOc1cc([N+](=O)[O-])c(C=O)cc1OCc1ccc(Cl)cc1. The van der Waals surface area contributed by atoms with Crippen molar-refractivity contribution >= 4 is 41.3 Å². The molecule has 0 N–H and O–H groups in total. The van der Waals surface area contributed by atoms with Gasteiger partial charge in [0.05, 0.1) is 46.3 Å². The van der Waals surface area contributed by atoms with E-state index in [2.05, 4.69) is 0 Å². The topological polar surface area (TPSA) is 165 Å². The Bertz CT molecular complexity index is 1460. The molecular weight excluding hydrogens is 560 g/mol. The number of methoxy groups -OCH3 is 1. The molecule has 0 aliphatic carbocycles. The van der Waals surface area contributed by atoms with Crippen molar-refractivity contribution < 1.29 is 38.4 Å². The van der Waals surface area contributed by atoms with Crippen molar-refractivity contribution in [3.63, 3.8) is 0 Å². The van der Waals surface area contributed by atoms with Gasteiger partial charge in [0.1, 0.15) is 12.4 Å². The molecule has 0 unspecified atom stereocenters. The van der Waals surface area contributed by atoms with Crippen molar-refractivity contribution in [3.05, 3.63) is 96.0 Å². The first kappa shape index (κ1) is 30.7. The number of ether oxygens (including phenoxy) is 3. The summed E-state index contributed by atoms with van der Waals surface area (Å²) in [5.41, 5.74) is -0.489. The molecular formula is C28H25ClN2O10. The Labute approximate surface area is 239 Å². The molecule has 0 spiro atoms. The van der Waals surface area contributed by atoms with Gasteiger partial charge in [-0.2, -0.15) is 0 Å². The lowest BCUT2D eigenvalue weighted by molar-refractivity contribution is -0.385. The Morgan fingerprint density at radius 1 is 0.829 bits per heavy atom. The van der Waals surface area contributed by atoms with Gasteiger partial charge in [0.25, 0.3) is 11.4 Å². The Hall–Kier alpha value is -4.84. The van der Waals surface area contributed by atoms with Crippen LogP contribution in [0.3, 0.4) is 0 Å². The van der Waals surface area contributed by atoms with Gasteiger partial charge in [0, 0.05) is 23.6 Å². The third kappa shape index (κ3) is 8.08. The van der Waals surface area contributed by atoms with E-state index in [9.17, 15) is 34.6 Å². The van der Waals surface area contributed by atoms with E-state index in [1.807, 2.05) is 0 Å². The minimum atomic E-state index is -0.739. The molecule has 3 aromatic rings. The first-order valence-electron chi connectivity index (χ1n) is 12.3. The molecule has 41 heavy (non-hydrogen) atoms. The molecule has 0 radical (unpaired) electrons. The molecule has 0 fully saturated rings. The van der Waals surface area contributed by atoms with Gasteiger partial charge in [-0.1, -0.05) is 23.7 Å². The van der Waals surface area contributed by atoms with Gasteiger partial charge in [-0.3, -0.25) is 34.6 Å².